The molecular formula is C9H16N2O2. The second-order valence-corrected chi connectivity index (χ2v) is 2.67. The average molecular weight is 184 g/mol. The Kier molecular flexibility index (Phi) is 3.92. The van der Waals surface area contributed by atoms with Gasteiger partial charge in [0.1, 0.15) is 0 Å². The summed E-state index contributed by atoms with van der Waals surface area (Å²) in [7, 11) is 1.92. The summed E-state index contributed by atoms with van der Waals surface area (Å²) >= 11 is 0. The van der Waals surface area contributed by atoms with E-state index in [-0.39, 0.29) is 6.29 Å². The first kappa shape index (κ1) is 10.2. The molecule has 4 nitrogen and oxygen atoms in total. The SMILES string of the molecule is CCOC(OCC)c1cncn1C. The topological polar surface area (TPSA) is 36.3 Å². The van der Waals surface area contributed by atoms with Gasteiger partial charge in [-0.25, -0.2) is 4.98 Å². The maximum atomic E-state index is 5.42. The first-order valence-electron chi connectivity index (χ1n) is 4.49. The summed E-state index contributed by atoms with van der Waals surface area (Å²) in [5.41, 5.74) is 0.948. The van der Waals surface area contributed by atoms with Gasteiger partial charge in [-0.05, 0) is 13.8 Å². The molecule has 0 amide bonds. The number of ether oxygens (including phenoxy) is 2. The van der Waals surface area contributed by atoms with Crippen molar-refractivity contribution < 1.29 is 9.47 Å². The third kappa shape index (κ3) is 2.54. The molecule has 0 aliphatic heterocycles. The van der Waals surface area contributed by atoms with Crippen LogP contribution in [-0.4, -0.2) is 22.8 Å². The lowest BCUT2D eigenvalue weighted by Crippen LogP contribution is -2.12. The minimum Gasteiger partial charge on any atom is -0.347 e. The monoisotopic (exact) mass is 184 g/mol. The van der Waals surface area contributed by atoms with Crippen LogP contribution in [0.25, 0.3) is 0 Å². The highest BCUT2D eigenvalue weighted by atomic mass is 16.7. The number of rotatable bonds is 5. The molecule has 0 saturated carbocycles. The maximum Gasteiger partial charge on any atom is 0.200 e. The molecule has 74 valence electrons. The van der Waals surface area contributed by atoms with Crippen LogP contribution >= 0.6 is 0 Å². The molecule has 0 radical (unpaired) electrons. The van der Waals surface area contributed by atoms with Crippen molar-refractivity contribution in [2.75, 3.05) is 13.2 Å². The molecule has 1 aromatic rings. The quantitative estimate of drug-likeness (QED) is 0.650. The fourth-order valence-corrected chi connectivity index (χ4v) is 1.12. The van der Waals surface area contributed by atoms with E-state index in [1.807, 2.05) is 25.5 Å². The zero-order valence-corrected chi connectivity index (χ0v) is 8.36. The van der Waals surface area contributed by atoms with Crippen molar-refractivity contribution >= 4 is 0 Å². The van der Waals surface area contributed by atoms with Crippen LogP contribution in [0.15, 0.2) is 12.5 Å². The van der Waals surface area contributed by atoms with Gasteiger partial charge in [-0.1, -0.05) is 0 Å². The molecule has 0 atom stereocenters. The van der Waals surface area contributed by atoms with Crippen LogP contribution in [0.2, 0.25) is 0 Å². The van der Waals surface area contributed by atoms with Crippen molar-refractivity contribution in [2.24, 2.45) is 7.05 Å². The van der Waals surface area contributed by atoms with E-state index in [2.05, 4.69) is 4.98 Å². The van der Waals surface area contributed by atoms with Crippen molar-refractivity contribution in [1.82, 2.24) is 9.55 Å². The second-order valence-electron chi connectivity index (χ2n) is 2.67. The first-order valence-corrected chi connectivity index (χ1v) is 4.49. The van der Waals surface area contributed by atoms with Gasteiger partial charge >= 0.3 is 0 Å². The highest BCUT2D eigenvalue weighted by molar-refractivity contribution is 4.99. The van der Waals surface area contributed by atoms with Crippen LogP contribution in [0, 0.1) is 0 Å². The zero-order valence-electron chi connectivity index (χ0n) is 8.36. The van der Waals surface area contributed by atoms with Crippen LogP contribution in [0.5, 0.6) is 0 Å². The summed E-state index contributed by atoms with van der Waals surface area (Å²) in [6.07, 6.45) is 3.21. The molecule has 1 aromatic heterocycles. The van der Waals surface area contributed by atoms with Gasteiger partial charge < -0.3 is 14.0 Å². The molecule has 0 N–H and O–H groups in total. The van der Waals surface area contributed by atoms with E-state index >= 15 is 0 Å². The molecular weight excluding hydrogens is 168 g/mol. The molecule has 1 heterocycles. The predicted octanol–water partition coefficient (Wildman–Crippen LogP) is 1.49. The van der Waals surface area contributed by atoms with E-state index in [9.17, 15) is 0 Å². The Morgan fingerprint density at radius 3 is 2.38 bits per heavy atom. The number of nitrogens with zero attached hydrogens (tertiary/aromatic N) is 2. The molecule has 0 aliphatic rings. The van der Waals surface area contributed by atoms with Gasteiger partial charge in [-0.2, -0.15) is 0 Å². The predicted molar refractivity (Wildman–Crippen MR) is 49.2 cm³/mol. The number of aromatic nitrogens is 2. The van der Waals surface area contributed by atoms with Gasteiger partial charge in [0.2, 0.25) is 6.29 Å². The lowest BCUT2D eigenvalue weighted by Gasteiger charge is -2.16. The number of hydrogen-bond acceptors (Lipinski definition) is 3. The van der Waals surface area contributed by atoms with Gasteiger partial charge in [-0.15, -0.1) is 0 Å². The minimum absolute atomic E-state index is 0.289. The zero-order chi connectivity index (χ0) is 9.68. The van der Waals surface area contributed by atoms with Crippen LogP contribution in [0.1, 0.15) is 25.8 Å². The molecule has 1 rings (SSSR count). The third-order valence-corrected chi connectivity index (χ3v) is 1.73. The minimum atomic E-state index is -0.289. The van der Waals surface area contributed by atoms with Crippen molar-refractivity contribution in [1.29, 1.82) is 0 Å². The van der Waals surface area contributed by atoms with Gasteiger partial charge in [0, 0.05) is 20.3 Å². The molecule has 0 bridgehead atoms. The Bertz CT molecular complexity index is 242. The molecule has 4 heteroatoms. The highest BCUT2D eigenvalue weighted by Gasteiger charge is 2.14. The summed E-state index contributed by atoms with van der Waals surface area (Å²) in [6.45, 7) is 5.16. The third-order valence-electron chi connectivity index (χ3n) is 1.73. The summed E-state index contributed by atoms with van der Waals surface area (Å²) in [5.74, 6) is 0. The summed E-state index contributed by atoms with van der Waals surface area (Å²) in [4.78, 5) is 4.01. The van der Waals surface area contributed by atoms with Crippen LogP contribution < -0.4 is 0 Å². The van der Waals surface area contributed by atoms with E-state index in [1.54, 1.807) is 12.5 Å². The largest absolute Gasteiger partial charge is 0.347 e. The van der Waals surface area contributed by atoms with Crippen molar-refractivity contribution in [3.05, 3.63) is 18.2 Å². The fraction of sp³-hybridized carbons (Fsp3) is 0.667. The van der Waals surface area contributed by atoms with Crippen molar-refractivity contribution in [3.8, 4) is 0 Å². The normalized spacial score (nSPS) is 11.1. The Morgan fingerprint density at radius 1 is 1.38 bits per heavy atom. The molecule has 0 saturated heterocycles. The van der Waals surface area contributed by atoms with Gasteiger partial charge in [-0.3, -0.25) is 0 Å². The van der Waals surface area contributed by atoms with E-state index in [0.29, 0.717) is 13.2 Å². The fourth-order valence-electron chi connectivity index (χ4n) is 1.12. The van der Waals surface area contributed by atoms with Crippen molar-refractivity contribution in [3.63, 3.8) is 0 Å². The van der Waals surface area contributed by atoms with Crippen molar-refractivity contribution in [2.45, 2.75) is 20.1 Å². The number of aryl methyl sites for hydroxylation is 1. The molecule has 0 fully saturated rings. The number of hydrogen-bond donors (Lipinski definition) is 0. The average Bonchev–Trinajstić information content (AvgIpc) is 2.51. The Morgan fingerprint density at radius 2 is 2.00 bits per heavy atom. The van der Waals surface area contributed by atoms with E-state index in [4.69, 9.17) is 9.47 Å². The maximum absolute atomic E-state index is 5.42. The van der Waals surface area contributed by atoms with Crippen LogP contribution in [0.4, 0.5) is 0 Å². The lowest BCUT2D eigenvalue weighted by molar-refractivity contribution is -0.144. The second kappa shape index (κ2) is 4.99. The van der Waals surface area contributed by atoms with Gasteiger partial charge in [0.15, 0.2) is 0 Å². The summed E-state index contributed by atoms with van der Waals surface area (Å²) in [6, 6.07) is 0. The van der Waals surface area contributed by atoms with Gasteiger partial charge in [0.25, 0.3) is 0 Å². The van der Waals surface area contributed by atoms with Crippen LogP contribution in [0.3, 0.4) is 0 Å². The van der Waals surface area contributed by atoms with Gasteiger partial charge in [0.05, 0.1) is 18.2 Å². The number of imidazole rings is 1. The Labute approximate surface area is 78.5 Å². The standard InChI is InChI=1S/C9H16N2O2/c1-4-12-9(13-5-2)8-6-10-7-11(8)3/h6-7,9H,4-5H2,1-3H3. The molecule has 0 spiro atoms. The Balaban J connectivity index is 2.69. The van der Waals surface area contributed by atoms with Crippen LogP contribution in [-0.2, 0) is 16.5 Å². The van der Waals surface area contributed by atoms with E-state index in [1.165, 1.54) is 0 Å². The summed E-state index contributed by atoms with van der Waals surface area (Å²) in [5, 5.41) is 0. The van der Waals surface area contributed by atoms with E-state index in [0.717, 1.165) is 5.69 Å². The Hall–Kier alpha value is -0.870. The molecule has 0 unspecified atom stereocenters. The lowest BCUT2D eigenvalue weighted by atomic mass is 10.4. The molecule has 13 heavy (non-hydrogen) atoms. The highest BCUT2D eigenvalue weighted by Crippen LogP contribution is 2.17. The molecule has 0 aromatic carbocycles. The smallest absolute Gasteiger partial charge is 0.200 e. The first-order chi connectivity index (χ1) is 6.29. The summed E-state index contributed by atoms with van der Waals surface area (Å²) < 4.78 is 12.7. The van der Waals surface area contributed by atoms with E-state index < -0.39 is 0 Å². The molecule has 0 aliphatic carbocycles.